The van der Waals surface area contributed by atoms with Gasteiger partial charge in [-0.25, -0.2) is 4.79 Å². The van der Waals surface area contributed by atoms with Crippen molar-refractivity contribution in [3.05, 3.63) is 23.8 Å². The van der Waals surface area contributed by atoms with Crippen molar-refractivity contribution in [2.45, 2.75) is 26.8 Å². The summed E-state index contributed by atoms with van der Waals surface area (Å²) in [4.78, 5) is 28.3. The van der Waals surface area contributed by atoms with E-state index in [1.54, 1.807) is 14.0 Å². The van der Waals surface area contributed by atoms with Crippen LogP contribution in [0.1, 0.15) is 19.4 Å². The molecule has 1 atom stereocenters. The third kappa shape index (κ3) is 5.09. The van der Waals surface area contributed by atoms with Crippen LogP contribution in [0.2, 0.25) is 0 Å². The summed E-state index contributed by atoms with van der Waals surface area (Å²) in [5.41, 5.74) is 3.05. The van der Waals surface area contributed by atoms with Gasteiger partial charge in [-0.2, -0.15) is 0 Å². The highest BCUT2D eigenvalue weighted by Crippen LogP contribution is 2.24. The molecule has 1 aliphatic heterocycles. The molecule has 0 spiro atoms. The number of benzene rings is 1. The van der Waals surface area contributed by atoms with E-state index in [-0.39, 0.29) is 11.9 Å². The van der Waals surface area contributed by atoms with Gasteiger partial charge in [0.15, 0.2) is 0 Å². The summed E-state index contributed by atoms with van der Waals surface area (Å²) < 4.78 is 0. The van der Waals surface area contributed by atoms with E-state index < -0.39 is 6.04 Å². The Labute approximate surface area is 149 Å². The average Bonchev–Trinajstić information content (AvgIpc) is 2.61. The summed E-state index contributed by atoms with van der Waals surface area (Å²) in [7, 11) is 1.54. The summed E-state index contributed by atoms with van der Waals surface area (Å²) in [6, 6.07) is 4.94. The lowest BCUT2D eigenvalue weighted by atomic mass is 10.1. The molecule has 7 nitrogen and oxygen atoms in total. The fourth-order valence-electron chi connectivity index (χ4n) is 3.04. The topological polar surface area (TPSA) is 76.7 Å². The van der Waals surface area contributed by atoms with Gasteiger partial charge < -0.3 is 25.8 Å². The third-order valence-electron chi connectivity index (χ3n) is 4.60. The number of nitrogens with zero attached hydrogens (tertiary/aromatic N) is 2. The predicted octanol–water partition coefficient (Wildman–Crippen LogP) is 1.39. The molecule has 1 heterocycles. The normalized spacial score (nSPS) is 16.2. The van der Waals surface area contributed by atoms with Gasteiger partial charge >= 0.3 is 6.03 Å². The van der Waals surface area contributed by atoms with Crippen LogP contribution in [0, 0.1) is 6.92 Å². The van der Waals surface area contributed by atoms with E-state index in [1.807, 2.05) is 12.1 Å². The Bertz CT molecular complexity index is 611. The molecule has 1 fully saturated rings. The van der Waals surface area contributed by atoms with E-state index in [0.29, 0.717) is 0 Å². The largest absolute Gasteiger partial charge is 0.369 e. The lowest BCUT2D eigenvalue weighted by molar-refractivity contribution is -0.122. The second kappa shape index (κ2) is 8.71. The van der Waals surface area contributed by atoms with Crippen LogP contribution in [0.3, 0.4) is 0 Å². The molecule has 0 unspecified atom stereocenters. The molecule has 1 aromatic rings. The molecule has 0 aromatic heterocycles. The summed E-state index contributed by atoms with van der Waals surface area (Å²) in [5.74, 6) is -0.229. The second-order valence-corrected chi connectivity index (χ2v) is 6.36. The van der Waals surface area contributed by atoms with Gasteiger partial charge in [0.05, 0.1) is 0 Å². The first-order chi connectivity index (χ1) is 11.9. The van der Waals surface area contributed by atoms with Crippen molar-refractivity contribution in [2.75, 3.05) is 50.0 Å². The highest BCUT2D eigenvalue weighted by molar-refractivity contribution is 5.93. The van der Waals surface area contributed by atoms with Gasteiger partial charge in [0, 0.05) is 44.6 Å². The number of urea groups is 1. The number of hydrogen-bond donors (Lipinski definition) is 3. The molecule has 1 aliphatic rings. The monoisotopic (exact) mass is 347 g/mol. The zero-order chi connectivity index (χ0) is 18.4. The van der Waals surface area contributed by atoms with Gasteiger partial charge in [-0.05, 0) is 44.2 Å². The molecule has 1 aromatic carbocycles. The average molecular weight is 347 g/mol. The first kappa shape index (κ1) is 19.1. The van der Waals surface area contributed by atoms with Crippen LogP contribution in [-0.2, 0) is 4.79 Å². The number of piperazine rings is 1. The minimum absolute atomic E-state index is 0.229. The minimum atomic E-state index is -0.583. The molecule has 3 N–H and O–H groups in total. The number of carbonyl (C=O) groups excluding carboxylic acids is 2. The molecule has 7 heteroatoms. The Kier molecular flexibility index (Phi) is 6.64. The molecule has 3 amide bonds. The van der Waals surface area contributed by atoms with E-state index in [2.05, 4.69) is 45.7 Å². The van der Waals surface area contributed by atoms with E-state index in [9.17, 15) is 9.59 Å². The fraction of sp³-hybridized carbons (Fsp3) is 0.556. The van der Waals surface area contributed by atoms with E-state index in [0.717, 1.165) is 44.0 Å². The molecular formula is C18H29N5O2. The Balaban J connectivity index is 1.95. The number of amides is 3. The van der Waals surface area contributed by atoms with Crippen molar-refractivity contribution < 1.29 is 9.59 Å². The van der Waals surface area contributed by atoms with Gasteiger partial charge in [-0.15, -0.1) is 0 Å². The van der Waals surface area contributed by atoms with Crippen LogP contribution < -0.4 is 20.9 Å². The van der Waals surface area contributed by atoms with E-state index in [4.69, 9.17) is 0 Å². The molecule has 0 bridgehead atoms. The molecule has 0 aliphatic carbocycles. The lowest BCUT2D eigenvalue weighted by Crippen LogP contribution is -2.46. The van der Waals surface area contributed by atoms with Gasteiger partial charge in [-0.3, -0.25) is 4.79 Å². The maximum Gasteiger partial charge on any atom is 0.319 e. The smallest absolute Gasteiger partial charge is 0.319 e. The van der Waals surface area contributed by atoms with Gasteiger partial charge in [0.25, 0.3) is 0 Å². The van der Waals surface area contributed by atoms with Crippen LogP contribution in [0.25, 0.3) is 0 Å². The van der Waals surface area contributed by atoms with E-state index in [1.165, 1.54) is 5.69 Å². The fourth-order valence-corrected chi connectivity index (χ4v) is 3.04. The van der Waals surface area contributed by atoms with Crippen molar-refractivity contribution in [3.8, 4) is 0 Å². The third-order valence-corrected chi connectivity index (χ3v) is 4.60. The van der Waals surface area contributed by atoms with Crippen molar-refractivity contribution in [3.63, 3.8) is 0 Å². The zero-order valence-electron chi connectivity index (χ0n) is 15.6. The number of hydrogen-bond acceptors (Lipinski definition) is 4. The van der Waals surface area contributed by atoms with Crippen LogP contribution in [-0.4, -0.2) is 62.7 Å². The number of anilines is 2. The number of carbonyl (C=O) groups is 2. The maximum atomic E-state index is 12.0. The zero-order valence-corrected chi connectivity index (χ0v) is 15.6. The molecule has 25 heavy (non-hydrogen) atoms. The first-order valence-corrected chi connectivity index (χ1v) is 8.81. The highest BCUT2D eigenvalue weighted by Gasteiger charge is 2.18. The van der Waals surface area contributed by atoms with Gasteiger partial charge in [-0.1, -0.05) is 6.92 Å². The number of likely N-dealkylation sites (N-methyl/N-ethyl adjacent to an activating group) is 2. The molecular weight excluding hydrogens is 318 g/mol. The predicted molar refractivity (Wildman–Crippen MR) is 101 cm³/mol. The summed E-state index contributed by atoms with van der Waals surface area (Å²) in [6.45, 7) is 11.2. The molecule has 2 rings (SSSR count). The molecule has 0 radical (unpaired) electrons. The van der Waals surface area contributed by atoms with E-state index >= 15 is 0 Å². The summed E-state index contributed by atoms with van der Waals surface area (Å²) in [5, 5.41) is 7.90. The van der Waals surface area contributed by atoms with Crippen LogP contribution in [0.4, 0.5) is 16.2 Å². The van der Waals surface area contributed by atoms with Crippen LogP contribution in [0.15, 0.2) is 18.2 Å². The van der Waals surface area contributed by atoms with Crippen LogP contribution >= 0.6 is 0 Å². The lowest BCUT2D eigenvalue weighted by Gasteiger charge is -2.36. The Morgan fingerprint density at radius 3 is 2.44 bits per heavy atom. The summed E-state index contributed by atoms with van der Waals surface area (Å²) in [6.07, 6.45) is 0. The van der Waals surface area contributed by atoms with Crippen LogP contribution in [0.5, 0.6) is 0 Å². The first-order valence-electron chi connectivity index (χ1n) is 8.81. The van der Waals surface area contributed by atoms with Crippen molar-refractivity contribution in [2.24, 2.45) is 0 Å². The number of aryl methyl sites for hydroxylation is 1. The summed E-state index contributed by atoms with van der Waals surface area (Å²) >= 11 is 0. The Morgan fingerprint density at radius 1 is 1.20 bits per heavy atom. The standard InChI is InChI=1S/C18H29N5O2/c1-5-22-8-10-23(11-9-22)16-7-6-15(12-13(16)2)21-18(25)20-14(3)17(24)19-4/h6-7,12,14H,5,8-11H2,1-4H3,(H,19,24)(H2,20,21,25)/t14-/m0/s1. The molecule has 138 valence electrons. The van der Waals surface area contributed by atoms with Crippen molar-refractivity contribution >= 4 is 23.3 Å². The SMILES string of the molecule is CCN1CCN(c2ccc(NC(=O)N[C@@H](C)C(=O)NC)cc2C)CC1. The number of nitrogens with one attached hydrogen (secondary N) is 3. The van der Waals surface area contributed by atoms with Gasteiger partial charge in [0.2, 0.25) is 5.91 Å². The maximum absolute atomic E-state index is 12.0. The van der Waals surface area contributed by atoms with Crippen molar-refractivity contribution in [1.82, 2.24) is 15.5 Å². The van der Waals surface area contributed by atoms with Crippen molar-refractivity contribution in [1.29, 1.82) is 0 Å². The highest BCUT2D eigenvalue weighted by atomic mass is 16.2. The second-order valence-electron chi connectivity index (χ2n) is 6.36. The molecule has 0 saturated carbocycles. The Hall–Kier alpha value is -2.28. The molecule has 1 saturated heterocycles. The van der Waals surface area contributed by atoms with Gasteiger partial charge in [0.1, 0.15) is 6.04 Å². The minimum Gasteiger partial charge on any atom is -0.369 e. The quantitative estimate of drug-likeness (QED) is 0.752. The Morgan fingerprint density at radius 2 is 1.88 bits per heavy atom. The number of rotatable bonds is 5.